The Hall–Kier alpha value is -2.75. The standard InChI is InChI=1S/C16H22N5O5/c1-9-10(2)21-12-13(17-15(21)19(9)6-7-25-4)18(3)16(24)20(14(12)23)8-11(22)26-5/h12H,6-8H2,1-5H3/q+1. The summed E-state index contributed by atoms with van der Waals surface area (Å²) in [5.41, 5.74) is 1.83. The zero-order valence-corrected chi connectivity index (χ0v) is 15.5. The Morgan fingerprint density at radius 2 is 1.96 bits per heavy atom. The maximum atomic E-state index is 13.0. The van der Waals surface area contributed by atoms with Crippen molar-refractivity contribution in [2.45, 2.75) is 26.4 Å². The van der Waals surface area contributed by atoms with E-state index in [9.17, 15) is 14.4 Å². The zero-order chi connectivity index (χ0) is 19.2. The van der Waals surface area contributed by atoms with Crippen molar-refractivity contribution in [3.05, 3.63) is 11.4 Å². The predicted octanol–water partition coefficient (Wildman–Crippen LogP) is -0.309. The molecule has 3 amide bonds. The number of amides is 3. The number of ether oxygens (including phenoxy) is 2. The van der Waals surface area contributed by atoms with Crippen molar-refractivity contribution < 1.29 is 28.4 Å². The van der Waals surface area contributed by atoms with E-state index in [1.807, 2.05) is 18.4 Å². The Balaban J connectivity index is 2.06. The molecule has 1 unspecified atom stereocenters. The summed E-state index contributed by atoms with van der Waals surface area (Å²) in [4.78, 5) is 43.9. The number of fused-ring (bicyclic) bond motifs is 3. The molecule has 3 rings (SSSR count). The first kappa shape index (κ1) is 18.1. The van der Waals surface area contributed by atoms with Crippen molar-refractivity contribution in [2.75, 3.05) is 34.4 Å². The maximum Gasteiger partial charge on any atom is 0.402 e. The van der Waals surface area contributed by atoms with Gasteiger partial charge < -0.3 is 9.47 Å². The van der Waals surface area contributed by atoms with Crippen LogP contribution in [0.25, 0.3) is 0 Å². The number of esters is 1. The van der Waals surface area contributed by atoms with E-state index in [0.29, 0.717) is 24.9 Å². The van der Waals surface area contributed by atoms with Gasteiger partial charge in [0.15, 0.2) is 0 Å². The van der Waals surface area contributed by atoms with Gasteiger partial charge in [-0.15, -0.1) is 0 Å². The molecular weight excluding hydrogens is 342 g/mol. The van der Waals surface area contributed by atoms with Crippen LogP contribution in [-0.2, 0) is 25.6 Å². The van der Waals surface area contributed by atoms with Gasteiger partial charge in [0.1, 0.15) is 17.9 Å². The minimum Gasteiger partial charge on any atom is -0.468 e. The second-order valence-corrected chi connectivity index (χ2v) is 6.20. The minimum absolute atomic E-state index is 0.352. The minimum atomic E-state index is -0.778. The number of amidine groups is 1. The Morgan fingerprint density at radius 3 is 2.58 bits per heavy atom. The molecule has 0 bridgehead atoms. The van der Waals surface area contributed by atoms with Crippen molar-refractivity contribution in [2.24, 2.45) is 4.99 Å². The van der Waals surface area contributed by atoms with Crippen LogP contribution < -0.4 is 4.57 Å². The van der Waals surface area contributed by atoms with E-state index >= 15 is 0 Å². The molecule has 1 aromatic heterocycles. The number of imide groups is 1. The molecular formula is C16H22N5O5+. The van der Waals surface area contributed by atoms with E-state index in [1.165, 1.54) is 12.0 Å². The molecule has 1 fully saturated rings. The van der Waals surface area contributed by atoms with Gasteiger partial charge in [0.2, 0.25) is 11.9 Å². The number of nitrogens with zero attached hydrogens (tertiary/aromatic N) is 5. The highest BCUT2D eigenvalue weighted by Crippen LogP contribution is 2.35. The number of likely N-dealkylation sites (N-methyl/N-ethyl adjacent to an activating group) is 1. The highest BCUT2D eigenvalue weighted by atomic mass is 16.5. The van der Waals surface area contributed by atoms with Gasteiger partial charge in [-0.2, -0.15) is 0 Å². The molecule has 1 aromatic rings. The van der Waals surface area contributed by atoms with E-state index in [1.54, 1.807) is 18.7 Å². The Kier molecular flexibility index (Phi) is 4.53. The third-order valence-corrected chi connectivity index (χ3v) is 4.86. The zero-order valence-electron chi connectivity index (χ0n) is 15.5. The van der Waals surface area contributed by atoms with Crippen molar-refractivity contribution >= 4 is 29.7 Å². The van der Waals surface area contributed by atoms with Gasteiger partial charge in [-0.05, 0) is 13.8 Å². The molecule has 3 heterocycles. The largest absolute Gasteiger partial charge is 0.468 e. The molecule has 2 aliphatic rings. The number of hydrogen-bond acceptors (Lipinski definition) is 6. The van der Waals surface area contributed by atoms with Crippen LogP contribution in [0.1, 0.15) is 17.4 Å². The van der Waals surface area contributed by atoms with E-state index in [-0.39, 0.29) is 0 Å². The lowest BCUT2D eigenvalue weighted by Crippen LogP contribution is -2.58. The molecule has 26 heavy (non-hydrogen) atoms. The van der Waals surface area contributed by atoms with Crippen LogP contribution in [0.2, 0.25) is 0 Å². The lowest BCUT2D eigenvalue weighted by molar-refractivity contribution is -0.690. The molecule has 1 saturated heterocycles. The van der Waals surface area contributed by atoms with Gasteiger partial charge in [0.05, 0.1) is 20.3 Å². The van der Waals surface area contributed by atoms with Crippen LogP contribution in [0.4, 0.5) is 10.7 Å². The summed E-state index contributed by atoms with van der Waals surface area (Å²) in [6.45, 7) is 4.48. The summed E-state index contributed by atoms with van der Waals surface area (Å²) in [5.74, 6) is -0.211. The third kappa shape index (κ3) is 2.48. The number of imidazole rings is 1. The summed E-state index contributed by atoms with van der Waals surface area (Å²) in [5, 5.41) is 0. The fourth-order valence-corrected chi connectivity index (χ4v) is 3.29. The first-order valence-electron chi connectivity index (χ1n) is 8.18. The number of rotatable bonds is 5. The smallest absolute Gasteiger partial charge is 0.402 e. The van der Waals surface area contributed by atoms with Crippen molar-refractivity contribution in [1.82, 2.24) is 14.4 Å². The highest BCUT2D eigenvalue weighted by Gasteiger charge is 2.54. The summed E-state index contributed by atoms with van der Waals surface area (Å²) >= 11 is 0. The molecule has 10 nitrogen and oxygen atoms in total. The lowest BCUT2D eigenvalue weighted by atomic mass is 10.1. The number of carbonyl (C=O) groups is 3. The first-order chi connectivity index (χ1) is 12.3. The molecule has 0 radical (unpaired) electrons. The molecule has 10 heteroatoms. The van der Waals surface area contributed by atoms with Gasteiger partial charge in [-0.3, -0.25) is 14.5 Å². The number of aromatic nitrogens is 2. The molecule has 0 N–H and O–H groups in total. The average Bonchev–Trinajstić information content (AvgIpc) is 3.12. The fraction of sp³-hybridized carbons (Fsp3) is 0.562. The lowest BCUT2D eigenvalue weighted by Gasteiger charge is -2.32. The SMILES string of the molecule is COCC[n+]1c(C)c(C)n2c1N=C1C2C(=O)N(CC(=O)OC)C(=O)N1C. The molecule has 1 atom stereocenters. The van der Waals surface area contributed by atoms with Gasteiger partial charge in [0, 0.05) is 14.2 Å². The quantitative estimate of drug-likeness (QED) is 0.527. The van der Waals surface area contributed by atoms with Gasteiger partial charge >= 0.3 is 17.9 Å². The van der Waals surface area contributed by atoms with Crippen LogP contribution in [0.3, 0.4) is 0 Å². The van der Waals surface area contributed by atoms with Crippen LogP contribution in [0.15, 0.2) is 4.99 Å². The monoisotopic (exact) mass is 364 g/mol. The summed E-state index contributed by atoms with van der Waals surface area (Å²) in [6, 6.07) is -1.38. The van der Waals surface area contributed by atoms with E-state index < -0.39 is 30.5 Å². The van der Waals surface area contributed by atoms with Crippen LogP contribution in [0, 0.1) is 13.8 Å². The fourth-order valence-electron chi connectivity index (χ4n) is 3.29. The number of carbonyl (C=O) groups excluding carboxylic acids is 3. The summed E-state index contributed by atoms with van der Waals surface area (Å²) < 4.78 is 13.5. The number of urea groups is 1. The summed E-state index contributed by atoms with van der Waals surface area (Å²) in [7, 11) is 4.37. The van der Waals surface area contributed by atoms with Gasteiger partial charge in [0.25, 0.3) is 5.91 Å². The maximum absolute atomic E-state index is 13.0. The van der Waals surface area contributed by atoms with E-state index in [4.69, 9.17) is 4.74 Å². The summed E-state index contributed by atoms with van der Waals surface area (Å²) in [6.07, 6.45) is 0. The van der Waals surface area contributed by atoms with Crippen molar-refractivity contribution in [3.8, 4) is 0 Å². The normalized spacial score (nSPS) is 18.8. The van der Waals surface area contributed by atoms with Crippen molar-refractivity contribution in [3.63, 3.8) is 0 Å². The van der Waals surface area contributed by atoms with Gasteiger partial charge in [-0.25, -0.2) is 18.8 Å². The average molecular weight is 364 g/mol. The van der Waals surface area contributed by atoms with Crippen LogP contribution in [-0.4, -0.2) is 72.5 Å². The number of aliphatic imine (C=N–C) groups is 1. The topological polar surface area (TPSA) is 97.3 Å². The molecule has 140 valence electrons. The second-order valence-electron chi connectivity index (χ2n) is 6.20. The molecule has 0 aliphatic carbocycles. The molecule has 0 spiro atoms. The Morgan fingerprint density at radius 1 is 1.27 bits per heavy atom. The van der Waals surface area contributed by atoms with E-state index in [0.717, 1.165) is 16.3 Å². The Labute approximate surface area is 150 Å². The number of methoxy groups -OCH3 is 2. The first-order valence-corrected chi connectivity index (χ1v) is 8.18. The number of hydrogen-bond donors (Lipinski definition) is 0. The van der Waals surface area contributed by atoms with Crippen LogP contribution >= 0.6 is 0 Å². The molecule has 0 saturated carbocycles. The molecule has 0 aromatic carbocycles. The van der Waals surface area contributed by atoms with Crippen molar-refractivity contribution in [1.29, 1.82) is 0 Å². The van der Waals surface area contributed by atoms with E-state index in [2.05, 4.69) is 9.73 Å². The second kappa shape index (κ2) is 6.52. The third-order valence-electron chi connectivity index (χ3n) is 4.86. The van der Waals surface area contributed by atoms with Crippen LogP contribution in [0.5, 0.6) is 0 Å². The Bertz CT molecular complexity index is 827. The molecule has 2 aliphatic heterocycles. The highest BCUT2D eigenvalue weighted by molar-refractivity contribution is 6.21. The predicted molar refractivity (Wildman–Crippen MR) is 89.0 cm³/mol. The van der Waals surface area contributed by atoms with Gasteiger partial charge in [-0.1, -0.05) is 4.99 Å².